The van der Waals surface area contributed by atoms with Crippen LogP contribution in [-0.2, 0) is 11.3 Å². The van der Waals surface area contributed by atoms with E-state index in [-0.39, 0.29) is 24.1 Å². The molecule has 2 aromatic heterocycles. The lowest BCUT2D eigenvalue weighted by atomic mass is 10.2. The van der Waals surface area contributed by atoms with Crippen molar-refractivity contribution in [3.05, 3.63) is 64.9 Å². The summed E-state index contributed by atoms with van der Waals surface area (Å²) in [6.07, 6.45) is 0. The van der Waals surface area contributed by atoms with E-state index in [1.54, 1.807) is 35.9 Å². The van der Waals surface area contributed by atoms with Crippen LogP contribution in [0.5, 0.6) is 11.5 Å². The van der Waals surface area contributed by atoms with Gasteiger partial charge in [-0.3, -0.25) is 19.5 Å². The molecule has 2 heterocycles. The van der Waals surface area contributed by atoms with Crippen molar-refractivity contribution < 1.29 is 19.1 Å². The van der Waals surface area contributed by atoms with Crippen LogP contribution in [0.3, 0.4) is 0 Å². The summed E-state index contributed by atoms with van der Waals surface area (Å²) in [6.45, 7) is 4.40. The summed E-state index contributed by atoms with van der Waals surface area (Å²) in [4.78, 5) is 25.2. The predicted molar refractivity (Wildman–Crippen MR) is 141 cm³/mol. The number of benzene rings is 2. The number of amides is 2. The summed E-state index contributed by atoms with van der Waals surface area (Å²) in [5.74, 6) is 1.39. The lowest BCUT2D eigenvalue weighted by molar-refractivity contribution is -0.113. The first-order chi connectivity index (χ1) is 18.0. The number of anilines is 1. The monoisotopic (exact) mass is 539 g/mol. The van der Waals surface area contributed by atoms with Gasteiger partial charge in [-0.1, -0.05) is 29.2 Å². The maximum atomic E-state index is 12.7. The lowest BCUT2D eigenvalue weighted by Gasteiger charge is -2.12. The predicted octanol–water partition coefficient (Wildman–Crippen LogP) is 3.50. The highest BCUT2D eigenvalue weighted by molar-refractivity contribution is 7.99. The molecule has 0 aliphatic heterocycles. The van der Waals surface area contributed by atoms with Crippen molar-refractivity contribution in [2.24, 2.45) is 0 Å². The van der Waals surface area contributed by atoms with Gasteiger partial charge in [0.2, 0.25) is 11.0 Å². The zero-order chi connectivity index (χ0) is 26.2. The largest absolute Gasteiger partial charge is 0.497 e. The van der Waals surface area contributed by atoms with Crippen LogP contribution in [0.15, 0.2) is 53.7 Å². The quantitative estimate of drug-likeness (QED) is 0.275. The molecule has 13 heteroatoms. The summed E-state index contributed by atoms with van der Waals surface area (Å²) in [7, 11) is 1.55. The minimum atomic E-state index is -0.277. The van der Waals surface area contributed by atoms with Crippen LogP contribution in [0.1, 0.15) is 28.1 Å². The highest BCUT2D eigenvalue weighted by Gasteiger charge is 2.18. The fraction of sp³-hybridized carbons (Fsp3) is 0.250. The maximum Gasteiger partial charge on any atom is 0.251 e. The van der Waals surface area contributed by atoms with Crippen LogP contribution in [0.2, 0.25) is 0 Å². The molecule has 0 saturated carbocycles. The van der Waals surface area contributed by atoms with Gasteiger partial charge in [-0.25, -0.2) is 0 Å². The minimum absolute atomic E-state index is 0.0873. The van der Waals surface area contributed by atoms with Crippen molar-refractivity contribution in [1.82, 2.24) is 30.3 Å². The molecule has 4 rings (SSSR count). The van der Waals surface area contributed by atoms with E-state index in [1.807, 2.05) is 38.1 Å². The van der Waals surface area contributed by atoms with Crippen LogP contribution >= 0.6 is 23.1 Å². The SMILES string of the molecule is CCOc1ccc(-n2c(CNC(=O)c3cccc(OC)c3)nnc2SCC(=O)Nc2nnc(C)s2)cc1. The number of ether oxygens (including phenoxy) is 2. The first-order valence-electron chi connectivity index (χ1n) is 11.3. The van der Waals surface area contributed by atoms with Crippen LogP contribution in [0, 0.1) is 6.92 Å². The molecule has 192 valence electrons. The zero-order valence-corrected chi connectivity index (χ0v) is 22.1. The molecule has 0 saturated heterocycles. The first-order valence-corrected chi connectivity index (χ1v) is 13.1. The summed E-state index contributed by atoms with van der Waals surface area (Å²) in [5.41, 5.74) is 1.23. The van der Waals surface area contributed by atoms with Gasteiger partial charge >= 0.3 is 0 Å². The standard InChI is InChI=1S/C24H25N7O4S2/c1-4-35-18-10-8-17(9-11-18)31-20(13-25-22(33)16-6-5-7-19(12-16)34-3)28-30-24(31)36-14-21(32)26-23-29-27-15(2)37-23/h5-12H,4,13-14H2,1-3H3,(H,25,33)(H,26,29,32). The number of carbonyl (C=O) groups is 2. The molecular weight excluding hydrogens is 514 g/mol. The highest BCUT2D eigenvalue weighted by Crippen LogP contribution is 2.25. The van der Waals surface area contributed by atoms with Gasteiger partial charge in [-0.15, -0.1) is 20.4 Å². The molecule has 2 aromatic carbocycles. The molecule has 2 N–H and O–H groups in total. The van der Waals surface area contributed by atoms with E-state index in [4.69, 9.17) is 9.47 Å². The Morgan fingerprint density at radius 1 is 1.05 bits per heavy atom. The van der Waals surface area contributed by atoms with Gasteiger partial charge in [0.25, 0.3) is 5.91 Å². The van der Waals surface area contributed by atoms with Crippen molar-refractivity contribution in [3.63, 3.8) is 0 Å². The van der Waals surface area contributed by atoms with Crippen molar-refractivity contribution in [1.29, 1.82) is 0 Å². The van der Waals surface area contributed by atoms with E-state index in [0.29, 0.717) is 34.0 Å². The highest BCUT2D eigenvalue weighted by atomic mass is 32.2. The molecule has 0 atom stereocenters. The van der Waals surface area contributed by atoms with E-state index >= 15 is 0 Å². The van der Waals surface area contributed by atoms with E-state index in [0.717, 1.165) is 16.4 Å². The van der Waals surface area contributed by atoms with Crippen LogP contribution in [0.25, 0.3) is 5.69 Å². The number of nitrogens with one attached hydrogen (secondary N) is 2. The van der Waals surface area contributed by atoms with E-state index in [2.05, 4.69) is 31.0 Å². The second-order valence-corrected chi connectivity index (χ2v) is 9.66. The maximum absolute atomic E-state index is 12.7. The number of aryl methyl sites for hydroxylation is 1. The molecule has 0 aliphatic carbocycles. The molecule has 2 amide bonds. The number of hydrogen-bond donors (Lipinski definition) is 2. The Bertz CT molecular complexity index is 1370. The minimum Gasteiger partial charge on any atom is -0.497 e. The Balaban J connectivity index is 1.52. The Labute approximate surface area is 221 Å². The lowest BCUT2D eigenvalue weighted by Crippen LogP contribution is -2.24. The van der Waals surface area contributed by atoms with Crippen LogP contribution in [-0.4, -0.2) is 56.2 Å². The molecule has 0 fully saturated rings. The van der Waals surface area contributed by atoms with Crippen molar-refractivity contribution in [2.45, 2.75) is 25.5 Å². The Kier molecular flexibility index (Phi) is 8.69. The van der Waals surface area contributed by atoms with Crippen molar-refractivity contribution in [2.75, 3.05) is 24.8 Å². The molecule has 0 unspecified atom stereocenters. The molecule has 0 aliphatic rings. The molecule has 0 spiro atoms. The van der Waals surface area contributed by atoms with Gasteiger partial charge in [0.15, 0.2) is 11.0 Å². The van der Waals surface area contributed by atoms with E-state index in [1.165, 1.54) is 23.1 Å². The Hall–Kier alpha value is -3.97. The van der Waals surface area contributed by atoms with Gasteiger partial charge in [0, 0.05) is 11.3 Å². The third-order valence-electron chi connectivity index (χ3n) is 4.95. The number of carbonyl (C=O) groups excluding carboxylic acids is 2. The molecule has 0 radical (unpaired) electrons. The van der Waals surface area contributed by atoms with Gasteiger partial charge in [0.1, 0.15) is 16.5 Å². The average molecular weight is 540 g/mol. The summed E-state index contributed by atoms with van der Waals surface area (Å²) in [5, 5.41) is 23.7. The molecular formula is C24H25N7O4S2. The van der Waals surface area contributed by atoms with Gasteiger partial charge in [-0.05, 0) is 56.3 Å². The van der Waals surface area contributed by atoms with Crippen molar-refractivity contribution in [3.8, 4) is 17.2 Å². The topological polar surface area (TPSA) is 133 Å². The van der Waals surface area contributed by atoms with Gasteiger partial charge in [-0.2, -0.15) is 0 Å². The fourth-order valence-corrected chi connectivity index (χ4v) is 4.66. The third kappa shape index (κ3) is 6.83. The average Bonchev–Trinajstić information content (AvgIpc) is 3.52. The van der Waals surface area contributed by atoms with Crippen LogP contribution in [0.4, 0.5) is 5.13 Å². The summed E-state index contributed by atoms with van der Waals surface area (Å²) in [6, 6.07) is 14.3. The number of hydrogen-bond acceptors (Lipinski definition) is 10. The molecule has 4 aromatic rings. The van der Waals surface area contributed by atoms with Gasteiger partial charge < -0.3 is 14.8 Å². The molecule has 0 bridgehead atoms. The number of nitrogens with zero attached hydrogens (tertiary/aromatic N) is 5. The Morgan fingerprint density at radius 2 is 1.86 bits per heavy atom. The normalized spacial score (nSPS) is 10.7. The number of methoxy groups -OCH3 is 1. The second kappa shape index (κ2) is 12.3. The molecule has 11 nitrogen and oxygen atoms in total. The molecule has 37 heavy (non-hydrogen) atoms. The number of aromatic nitrogens is 5. The number of thioether (sulfide) groups is 1. The van der Waals surface area contributed by atoms with E-state index < -0.39 is 0 Å². The fourth-order valence-electron chi connectivity index (χ4n) is 3.28. The summed E-state index contributed by atoms with van der Waals surface area (Å²) >= 11 is 2.52. The second-order valence-electron chi connectivity index (χ2n) is 7.54. The smallest absolute Gasteiger partial charge is 0.251 e. The zero-order valence-electron chi connectivity index (χ0n) is 20.4. The summed E-state index contributed by atoms with van der Waals surface area (Å²) < 4.78 is 12.5. The van der Waals surface area contributed by atoms with E-state index in [9.17, 15) is 9.59 Å². The van der Waals surface area contributed by atoms with Crippen molar-refractivity contribution >= 4 is 40.0 Å². The van der Waals surface area contributed by atoms with Gasteiger partial charge in [0.05, 0.1) is 26.0 Å². The third-order valence-corrected chi connectivity index (χ3v) is 6.63. The Morgan fingerprint density at radius 3 is 2.57 bits per heavy atom. The van der Waals surface area contributed by atoms with Crippen LogP contribution < -0.4 is 20.1 Å². The number of rotatable bonds is 11. The first kappa shape index (κ1) is 26.1.